The molecule has 0 bridgehead atoms. The van der Waals surface area contributed by atoms with Crippen LogP contribution in [0, 0.1) is 0 Å². The number of benzene rings is 1. The van der Waals surface area contributed by atoms with Crippen LogP contribution >= 0.6 is 11.6 Å². The minimum Gasteiger partial charge on any atom is -0.506 e. The number of aromatic hydroxyl groups is 1. The second kappa shape index (κ2) is 4.10. The van der Waals surface area contributed by atoms with Crippen LogP contribution in [0.15, 0.2) is 29.5 Å². The Morgan fingerprint density at radius 1 is 1.47 bits per heavy atom. The number of phenols is 1. The van der Waals surface area contributed by atoms with Gasteiger partial charge < -0.3 is 5.11 Å². The molecule has 0 spiro atoms. The van der Waals surface area contributed by atoms with Crippen LogP contribution < -0.4 is 0 Å². The summed E-state index contributed by atoms with van der Waals surface area (Å²) in [6.45, 7) is 0. The molecular formula is C9H7ClN4O. The number of nitrogens with zero attached hydrogens (tertiary/aromatic N) is 3. The van der Waals surface area contributed by atoms with E-state index in [0.717, 1.165) is 0 Å². The Morgan fingerprint density at radius 3 is 3.07 bits per heavy atom. The number of hydrogen-bond acceptors (Lipinski definition) is 4. The molecule has 0 atom stereocenters. The van der Waals surface area contributed by atoms with E-state index in [2.05, 4.69) is 20.2 Å². The largest absolute Gasteiger partial charge is 0.506 e. The number of nitrogens with one attached hydrogen (secondary N) is 1. The minimum atomic E-state index is 0.00225. The zero-order valence-corrected chi connectivity index (χ0v) is 8.31. The van der Waals surface area contributed by atoms with E-state index in [1.165, 1.54) is 12.5 Å². The van der Waals surface area contributed by atoms with E-state index < -0.39 is 0 Å². The maximum absolute atomic E-state index is 9.56. The van der Waals surface area contributed by atoms with Gasteiger partial charge in [-0.2, -0.15) is 10.1 Å². The highest BCUT2D eigenvalue weighted by Crippen LogP contribution is 2.25. The lowest BCUT2D eigenvalue weighted by molar-refractivity contribution is 0.475. The lowest BCUT2D eigenvalue weighted by Gasteiger charge is -1.98. The number of hydrogen-bond donors (Lipinski definition) is 2. The van der Waals surface area contributed by atoms with Crippen LogP contribution in [0.25, 0.3) is 0 Å². The van der Waals surface area contributed by atoms with Gasteiger partial charge in [0.05, 0.1) is 5.02 Å². The van der Waals surface area contributed by atoms with Crippen LogP contribution in [0.5, 0.6) is 5.75 Å². The molecule has 0 unspecified atom stereocenters. The fraction of sp³-hybridized carbons (Fsp3) is 0. The second-order valence-electron chi connectivity index (χ2n) is 2.74. The van der Waals surface area contributed by atoms with E-state index in [-0.39, 0.29) is 10.8 Å². The first-order valence-corrected chi connectivity index (χ1v) is 4.52. The molecule has 2 N–H and O–H groups in total. The first kappa shape index (κ1) is 9.67. The Kier molecular flexibility index (Phi) is 2.64. The molecule has 2 rings (SSSR count). The van der Waals surface area contributed by atoms with E-state index in [9.17, 15) is 5.11 Å². The van der Waals surface area contributed by atoms with Crippen LogP contribution in [-0.4, -0.2) is 26.5 Å². The van der Waals surface area contributed by atoms with Crippen LogP contribution in [-0.2, 0) is 0 Å². The number of aliphatic imine (C=N–C) groups is 1. The quantitative estimate of drug-likeness (QED) is 0.763. The normalized spacial score (nSPS) is 11.0. The highest BCUT2D eigenvalue weighted by Gasteiger charge is 2.02. The fourth-order valence-corrected chi connectivity index (χ4v) is 1.21. The van der Waals surface area contributed by atoms with Gasteiger partial charge in [0.1, 0.15) is 12.1 Å². The summed E-state index contributed by atoms with van der Waals surface area (Å²) in [7, 11) is 0. The second-order valence-corrected chi connectivity index (χ2v) is 3.15. The Morgan fingerprint density at radius 2 is 2.33 bits per heavy atom. The summed E-state index contributed by atoms with van der Waals surface area (Å²) in [6.07, 6.45) is 2.81. The van der Waals surface area contributed by atoms with Crippen molar-refractivity contribution in [3.63, 3.8) is 0 Å². The van der Waals surface area contributed by atoms with Crippen LogP contribution in [0.1, 0.15) is 5.56 Å². The van der Waals surface area contributed by atoms with Gasteiger partial charge in [0, 0.05) is 11.8 Å². The third-order valence-corrected chi connectivity index (χ3v) is 2.05. The summed E-state index contributed by atoms with van der Waals surface area (Å²) >= 11 is 5.73. The summed E-state index contributed by atoms with van der Waals surface area (Å²) in [5, 5.41) is 16.0. The van der Waals surface area contributed by atoms with Gasteiger partial charge in [-0.1, -0.05) is 17.7 Å². The van der Waals surface area contributed by atoms with Crippen molar-refractivity contribution in [2.75, 3.05) is 0 Å². The number of H-pyrrole nitrogens is 1. The fourth-order valence-electron chi connectivity index (χ4n) is 1.03. The van der Waals surface area contributed by atoms with E-state index in [0.29, 0.717) is 11.5 Å². The molecule has 1 heterocycles. The molecule has 0 aliphatic heterocycles. The van der Waals surface area contributed by atoms with Crippen molar-refractivity contribution in [2.45, 2.75) is 0 Å². The first-order valence-electron chi connectivity index (χ1n) is 4.14. The standard InChI is InChI=1S/C9H7ClN4O/c10-7-3-1-2-6(8(7)15)4-11-9-12-5-13-14-9/h1-5,15H,(H,12,13,14)/b11-4+. The molecule has 0 fully saturated rings. The lowest BCUT2D eigenvalue weighted by Crippen LogP contribution is -1.82. The van der Waals surface area contributed by atoms with Gasteiger partial charge in [0.25, 0.3) is 0 Å². The molecule has 1 aromatic heterocycles. The summed E-state index contributed by atoms with van der Waals surface area (Å²) in [6, 6.07) is 5.02. The van der Waals surface area contributed by atoms with Crippen molar-refractivity contribution in [2.24, 2.45) is 4.99 Å². The van der Waals surface area contributed by atoms with E-state index >= 15 is 0 Å². The van der Waals surface area contributed by atoms with Crippen molar-refractivity contribution < 1.29 is 5.11 Å². The number of phenolic OH excluding ortho intramolecular Hbond substituents is 1. The molecule has 1 aromatic carbocycles. The third-order valence-electron chi connectivity index (χ3n) is 1.75. The summed E-state index contributed by atoms with van der Waals surface area (Å²) in [4.78, 5) is 7.77. The van der Waals surface area contributed by atoms with Gasteiger partial charge in [-0.05, 0) is 12.1 Å². The highest BCUT2D eigenvalue weighted by molar-refractivity contribution is 6.32. The summed E-state index contributed by atoms with van der Waals surface area (Å²) in [5.41, 5.74) is 0.527. The number of aromatic amines is 1. The Balaban J connectivity index is 2.28. The van der Waals surface area contributed by atoms with Gasteiger partial charge in [-0.25, -0.2) is 10.1 Å². The Hall–Kier alpha value is -1.88. The maximum Gasteiger partial charge on any atom is 0.245 e. The van der Waals surface area contributed by atoms with E-state index in [4.69, 9.17) is 11.6 Å². The van der Waals surface area contributed by atoms with Crippen molar-refractivity contribution in [3.8, 4) is 5.75 Å². The van der Waals surface area contributed by atoms with Crippen molar-refractivity contribution in [1.82, 2.24) is 15.2 Å². The predicted molar refractivity (Wildman–Crippen MR) is 56.8 cm³/mol. The monoisotopic (exact) mass is 222 g/mol. The van der Waals surface area contributed by atoms with Crippen molar-refractivity contribution in [3.05, 3.63) is 35.1 Å². The molecule has 5 nitrogen and oxygen atoms in total. The van der Waals surface area contributed by atoms with Crippen LogP contribution in [0.3, 0.4) is 0 Å². The average molecular weight is 223 g/mol. The molecular weight excluding hydrogens is 216 g/mol. The predicted octanol–water partition coefficient (Wildman–Crippen LogP) is 1.91. The minimum absolute atomic E-state index is 0.00225. The summed E-state index contributed by atoms with van der Waals surface area (Å²) in [5.74, 6) is 0.372. The van der Waals surface area contributed by atoms with Crippen LogP contribution in [0.2, 0.25) is 5.02 Å². The lowest BCUT2D eigenvalue weighted by atomic mass is 10.2. The van der Waals surface area contributed by atoms with Gasteiger partial charge in [0.2, 0.25) is 5.95 Å². The smallest absolute Gasteiger partial charge is 0.245 e. The van der Waals surface area contributed by atoms with Gasteiger partial charge >= 0.3 is 0 Å². The molecule has 0 saturated heterocycles. The molecule has 76 valence electrons. The number of aromatic nitrogens is 3. The molecule has 15 heavy (non-hydrogen) atoms. The van der Waals surface area contributed by atoms with E-state index in [1.807, 2.05) is 0 Å². The number of halogens is 1. The molecule has 0 aliphatic rings. The van der Waals surface area contributed by atoms with E-state index in [1.54, 1.807) is 18.2 Å². The van der Waals surface area contributed by atoms with Gasteiger partial charge in [-0.15, -0.1) is 0 Å². The Bertz CT molecular complexity index is 481. The average Bonchev–Trinajstić information content (AvgIpc) is 2.73. The number of para-hydroxylation sites is 1. The first-order chi connectivity index (χ1) is 7.27. The zero-order chi connectivity index (χ0) is 10.7. The Labute approximate surface area is 90.5 Å². The topological polar surface area (TPSA) is 74.2 Å². The third kappa shape index (κ3) is 2.13. The molecule has 0 radical (unpaired) electrons. The molecule has 0 saturated carbocycles. The number of rotatable bonds is 2. The van der Waals surface area contributed by atoms with Gasteiger partial charge in [-0.3, -0.25) is 0 Å². The van der Waals surface area contributed by atoms with Gasteiger partial charge in [0.15, 0.2) is 0 Å². The highest BCUT2D eigenvalue weighted by atomic mass is 35.5. The molecule has 0 aliphatic carbocycles. The SMILES string of the molecule is Oc1c(Cl)cccc1/C=N/c1ncn[nH]1. The molecule has 2 aromatic rings. The molecule has 6 heteroatoms. The van der Waals surface area contributed by atoms with Crippen LogP contribution in [0.4, 0.5) is 5.95 Å². The summed E-state index contributed by atoms with van der Waals surface area (Å²) < 4.78 is 0. The van der Waals surface area contributed by atoms with Crippen molar-refractivity contribution in [1.29, 1.82) is 0 Å². The van der Waals surface area contributed by atoms with Crippen molar-refractivity contribution >= 4 is 23.8 Å². The maximum atomic E-state index is 9.56. The zero-order valence-electron chi connectivity index (χ0n) is 7.55. The molecule has 0 amide bonds.